The van der Waals surface area contributed by atoms with Crippen LogP contribution in [0.1, 0.15) is 54.7 Å². The molecule has 11 heteroatoms. The van der Waals surface area contributed by atoms with Gasteiger partial charge in [-0.1, -0.05) is 43.3 Å². The Bertz CT molecular complexity index is 1740. The Kier molecular flexibility index (Phi) is 7.56. The molecule has 0 radical (unpaired) electrons. The number of anilines is 3. The topological polar surface area (TPSA) is 142 Å². The van der Waals surface area contributed by atoms with Crippen LogP contribution < -0.4 is 10.6 Å². The first-order valence-corrected chi connectivity index (χ1v) is 14.2. The number of aliphatic hydroxyl groups is 1. The maximum atomic E-state index is 13.1. The van der Waals surface area contributed by atoms with Crippen molar-refractivity contribution in [2.75, 3.05) is 23.8 Å². The Labute approximate surface area is 249 Å². The summed E-state index contributed by atoms with van der Waals surface area (Å²) in [6, 6.07) is 20.2. The molecule has 218 valence electrons. The van der Waals surface area contributed by atoms with Crippen LogP contribution in [0.5, 0.6) is 0 Å². The second-order valence-corrected chi connectivity index (χ2v) is 10.8. The summed E-state index contributed by atoms with van der Waals surface area (Å²) in [5.74, 6) is 1.21. The van der Waals surface area contributed by atoms with Crippen LogP contribution in [0.15, 0.2) is 83.5 Å². The molecule has 3 N–H and O–H groups in total. The number of hydrogen-bond acceptors (Lipinski definition) is 10. The summed E-state index contributed by atoms with van der Waals surface area (Å²) >= 11 is 0. The number of amides is 1. The number of carbonyl (C=O) groups excluding carboxylic acids is 1. The minimum absolute atomic E-state index is 0.0427. The van der Waals surface area contributed by atoms with Crippen LogP contribution in [0.3, 0.4) is 0 Å². The molecule has 5 aromatic rings. The van der Waals surface area contributed by atoms with Gasteiger partial charge in [-0.15, -0.1) is 10.2 Å². The van der Waals surface area contributed by atoms with Crippen molar-refractivity contribution in [3.05, 3.63) is 95.8 Å². The van der Waals surface area contributed by atoms with E-state index >= 15 is 0 Å². The largest absolute Gasteiger partial charge is 0.414 e. The lowest BCUT2D eigenvalue weighted by atomic mass is 9.93. The van der Waals surface area contributed by atoms with E-state index in [2.05, 4.69) is 51.6 Å². The number of aliphatic hydroxyl groups excluding tert-OH is 1. The lowest BCUT2D eigenvalue weighted by Crippen LogP contribution is -2.39. The monoisotopic (exact) mass is 576 g/mol. The fourth-order valence-electron chi connectivity index (χ4n) is 5.31. The molecule has 2 aromatic carbocycles. The van der Waals surface area contributed by atoms with Crippen molar-refractivity contribution in [2.45, 2.75) is 38.8 Å². The fourth-order valence-corrected chi connectivity index (χ4v) is 5.31. The van der Waals surface area contributed by atoms with Gasteiger partial charge in [-0.05, 0) is 61.7 Å². The summed E-state index contributed by atoms with van der Waals surface area (Å²) in [7, 11) is 0. The number of rotatable bonds is 10. The van der Waals surface area contributed by atoms with Crippen molar-refractivity contribution >= 4 is 23.4 Å². The number of benzene rings is 2. The van der Waals surface area contributed by atoms with E-state index in [4.69, 9.17) is 9.40 Å². The maximum absolute atomic E-state index is 13.1. The second-order valence-electron chi connectivity index (χ2n) is 10.8. The lowest BCUT2D eigenvalue weighted by Gasteiger charge is -2.32. The van der Waals surface area contributed by atoms with E-state index in [0.717, 1.165) is 23.2 Å². The predicted octanol–water partition coefficient (Wildman–Crippen LogP) is 5.58. The summed E-state index contributed by atoms with van der Waals surface area (Å²) < 4.78 is 5.96. The van der Waals surface area contributed by atoms with E-state index in [1.54, 1.807) is 18.5 Å². The van der Waals surface area contributed by atoms with Crippen molar-refractivity contribution in [3.8, 4) is 23.0 Å². The molecule has 6 rings (SSSR count). The number of carbonyl (C=O) groups is 1. The third-order valence-corrected chi connectivity index (χ3v) is 7.56. The average molecular weight is 577 g/mol. The second kappa shape index (κ2) is 11.6. The highest BCUT2D eigenvalue weighted by molar-refractivity contribution is 6.00. The molecular formula is C32H32N8O3. The molecule has 0 spiro atoms. The van der Waals surface area contributed by atoms with Gasteiger partial charge in [0.2, 0.25) is 5.95 Å². The zero-order valence-corrected chi connectivity index (χ0v) is 24.2. The van der Waals surface area contributed by atoms with Crippen LogP contribution in [0.4, 0.5) is 17.5 Å². The van der Waals surface area contributed by atoms with Gasteiger partial charge in [0.25, 0.3) is 17.7 Å². The summed E-state index contributed by atoms with van der Waals surface area (Å²) in [5, 5.41) is 25.3. The standard InChI is InChI=1S/C32H32N8O3/c1-4-16-40-30(42)22-14-13-21(17-24(22)32(40,2)3)35-31-34-18-23(28-38-39-29(43-28)25-12-8-9-15-33-25)27(37-31)36-26(19-41)20-10-6-5-7-11-20/h5-15,17-18,26,41H,4,16,19H2,1-3H3,(H2,34,35,36,37)/t26-/m1/s1. The Morgan fingerprint density at radius 2 is 1.77 bits per heavy atom. The van der Waals surface area contributed by atoms with E-state index in [-0.39, 0.29) is 24.3 Å². The molecule has 43 heavy (non-hydrogen) atoms. The number of aromatic nitrogens is 5. The highest BCUT2D eigenvalue weighted by Crippen LogP contribution is 2.40. The van der Waals surface area contributed by atoms with Crippen molar-refractivity contribution < 1.29 is 14.3 Å². The molecular weight excluding hydrogens is 544 g/mol. The molecule has 0 fully saturated rings. The number of hydrogen-bond donors (Lipinski definition) is 3. The molecule has 0 aliphatic carbocycles. The van der Waals surface area contributed by atoms with E-state index in [1.165, 1.54) is 0 Å². The molecule has 1 atom stereocenters. The van der Waals surface area contributed by atoms with Gasteiger partial charge < -0.3 is 25.1 Å². The molecule has 0 saturated heterocycles. The third-order valence-electron chi connectivity index (χ3n) is 7.56. The Balaban J connectivity index is 1.35. The van der Waals surface area contributed by atoms with E-state index in [1.807, 2.05) is 65.6 Å². The van der Waals surface area contributed by atoms with Crippen LogP contribution in [0.2, 0.25) is 0 Å². The maximum Gasteiger partial charge on any atom is 0.266 e. The predicted molar refractivity (Wildman–Crippen MR) is 163 cm³/mol. The molecule has 0 bridgehead atoms. The molecule has 11 nitrogen and oxygen atoms in total. The van der Waals surface area contributed by atoms with Crippen molar-refractivity contribution in [2.24, 2.45) is 0 Å². The molecule has 4 heterocycles. The summed E-state index contributed by atoms with van der Waals surface area (Å²) in [5.41, 5.74) is 3.85. The van der Waals surface area contributed by atoms with Crippen LogP contribution in [0, 0.1) is 0 Å². The zero-order valence-electron chi connectivity index (χ0n) is 24.2. The van der Waals surface area contributed by atoms with E-state index < -0.39 is 11.6 Å². The Morgan fingerprint density at radius 3 is 2.51 bits per heavy atom. The SMILES string of the molecule is CCCN1C(=O)c2ccc(Nc3ncc(-c4nnc(-c5ccccn5)o4)c(N[C@H](CO)c4ccccc4)n3)cc2C1(C)C. The van der Waals surface area contributed by atoms with Crippen molar-refractivity contribution in [3.63, 3.8) is 0 Å². The molecule has 1 aliphatic rings. The zero-order chi connectivity index (χ0) is 30.0. The van der Waals surface area contributed by atoms with Crippen LogP contribution in [-0.2, 0) is 5.54 Å². The molecule has 3 aromatic heterocycles. The molecule has 0 unspecified atom stereocenters. The van der Waals surface area contributed by atoms with Crippen molar-refractivity contribution in [1.82, 2.24) is 30.0 Å². The lowest BCUT2D eigenvalue weighted by molar-refractivity contribution is 0.0619. The van der Waals surface area contributed by atoms with Gasteiger partial charge in [0.1, 0.15) is 11.5 Å². The van der Waals surface area contributed by atoms with Gasteiger partial charge in [-0.2, -0.15) is 4.98 Å². The number of fused-ring (bicyclic) bond motifs is 1. The van der Waals surface area contributed by atoms with Crippen molar-refractivity contribution in [1.29, 1.82) is 0 Å². The van der Waals surface area contributed by atoms with Gasteiger partial charge in [-0.25, -0.2) is 4.98 Å². The third kappa shape index (κ3) is 5.42. The highest BCUT2D eigenvalue weighted by Gasteiger charge is 2.42. The summed E-state index contributed by atoms with van der Waals surface area (Å²) in [6.45, 7) is 6.70. The summed E-state index contributed by atoms with van der Waals surface area (Å²) in [6.07, 6.45) is 4.13. The minimum atomic E-state index is -0.461. The smallest absolute Gasteiger partial charge is 0.266 e. The summed E-state index contributed by atoms with van der Waals surface area (Å²) in [4.78, 5) is 28.6. The number of pyridine rings is 1. The van der Waals surface area contributed by atoms with Gasteiger partial charge >= 0.3 is 0 Å². The first-order valence-electron chi connectivity index (χ1n) is 14.2. The number of nitrogens with zero attached hydrogens (tertiary/aromatic N) is 6. The number of nitrogens with one attached hydrogen (secondary N) is 2. The quantitative estimate of drug-likeness (QED) is 0.193. The van der Waals surface area contributed by atoms with E-state index in [9.17, 15) is 9.90 Å². The van der Waals surface area contributed by atoms with Crippen LogP contribution >= 0.6 is 0 Å². The van der Waals surface area contributed by atoms with E-state index in [0.29, 0.717) is 35.1 Å². The Hall–Kier alpha value is -5.16. The highest BCUT2D eigenvalue weighted by atomic mass is 16.4. The molecule has 0 saturated carbocycles. The fraction of sp³-hybridized carbons (Fsp3) is 0.250. The minimum Gasteiger partial charge on any atom is -0.414 e. The first-order chi connectivity index (χ1) is 20.9. The Morgan fingerprint density at radius 1 is 0.977 bits per heavy atom. The van der Waals surface area contributed by atoms with Gasteiger partial charge in [0.15, 0.2) is 0 Å². The molecule has 1 amide bonds. The normalized spacial score (nSPS) is 14.4. The van der Waals surface area contributed by atoms with Gasteiger partial charge in [0.05, 0.1) is 23.8 Å². The first kappa shape index (κ1) is 28.0. The van der Waals surface area contributed by atoms with Gasteiger partial charge in [-0.3, -0.25) is 9.78 Å². The molecule has 1 aliphatic heterocycles. The van der Waals surface area contributed by atoms with Crippen LogP contribution in [0.25, 0.3) is 23.0 Å². The van der Waals surface area contributed by atoms with Crippen LogP contribution in [-0.4, -0.2) is 54.2 Å². The average Bonchev–Trinajstić information content (AvgIpc) is 3.59. The van der Waals surface area contributed by atoms with Gasteiger partial charge in [0, 0.05) is 30.2 Å².